The van der Waals surface area contributed by atoms with Gasteiger partial charge in [-0.05, 0) is 24.6 Å². The summed E-state index contributed by atoms with van der Waals surface area (Å²) < 4.78 is 0. The molecule has 1 aliphatic heterocycles. The van der Waals surface area contributed by atoms with E-state index < -0.39 is 0 Å². The number of nitrogens with one attached hydrogen (secondary N) is 2. The molecular formula is C10H13N3O. The van der Waals surface area contributed by atoms with Crippen LogP contribution in [0.2, 0.25) is 0 Å². The Kier molecular flexibility index (Phi) is 2.74. The maximum Gasteiger partial charge on any atom is 0.241 e. The predicted molar refractivity (Wildman–Crippen MR) is 52.6 cm³/mol. The van der Waals surface area contributed by atoms with Crippen molar-refractivity contribution in [2.24, 2.45) is 0 Å². The Labute approximate surface area is 82.7 Å². The minimum absolute atomic E-state index is 0.0375. The van der Waals surface area contributed by atoms with E-state index in [2.05, 4.69) is 15.6 Å². The largest absolute Gasteiger partial charge is 0.354 e. The van der Waals surface area contributed by atoms with Gasteiger partial charge in [-0.3, -0.25) is 9.78 Å². The zero-order chi connectivity index (χ0) is 9.80. The second-order valence-electron chi connectivity index (χ2n) is 3.32. The van der Waals surface area contributed by atoms with Crippen molar-refractivity contribution < 1.29 is 4.79 Å². The second-order valence-corrected chi connectivity index (χ2v) is 3.32. The lowest BCUT2D eigenvalue weighted by Crippen LogP contribution is -2.33. The van der Waals surface area contributed by atoms with Crippen molar-refractivity contribution in [3.8, 4) is 0 Å². The lowest BCUT2D eigenvalue weighted by Gasteiger charge is -2.13. The summed E-state index contributed by atoms with van der Waals surface area (Å²) in [5.74, 6) is 0.0375. The van der Waals surface area contributed by atoms with Crippen LogP contribution in [0.3, 0.4) is 0 Å². The van der Waals surface area contributed by atoms with E-state index >= 15 is 0 Å². The van der Waals surface area contributed by atoms with Crippen molar-refractivity contribution in [2.45, 2.75) is 12.5 Å². The number of rotatable bonds is 1. The van der Waals surface area contributed by atoms with Gasteiger partial charge in [-0.1, -0.05) is 6.07 Å². The highest BCUT2D eigenvalue weighted by Crippen LogP contribution is 2.12. The molecule has 0 bridgehead atoms. The molecule has 1 saturated heterocycles. The van der Waals surface area contributed by atoms with Gasteiger partial charge in [0.1, 0.15) is 6.04 Å². The van der Waals surface area contributed by atoms with E-state index in [0.717, 1.165) is 25.1 Å². The summed E-state index contributed by atoms with van der Waals surface area (Å²) in [4.78, 5) is 15.6. The van der Waals surface area contributed by atoms with Gasteiger partial charge in [-0.15, -0.1) is 0 Å². The molecule has 0 spiro atoms. The van der Waals surface area contributed by atoms with E-state index in [1.165, 1.54) is 0 Å². The van der Waals surface area contributed by atoms with Crippen LogP contribution in [-0.2, 0) is 4.79 Å². The summed E-state index contributed by atoms with van der Waals surface area (Å²) in [7, 11) is 0. The smallest absolute Gasteiger partial charge is 0.241 e. The zero-order valence-electron chi connectivity index (χ0n) is 7.86. The van der Waals surface area contributed by atoms with Crippen molar-refractivity contribution >= 4 is 5.91 Å². The highest BCUT2D eigenvalue weighted by atomic mass is 16.2. The van der Waals surface area contributed by atoms with Crippen LogP contribution in [0.4, 0.5) is 0 Å². The molecule has 0 radical (unpaired) electrons. The highest BCUT2D eigenvalue weighted by Gasteiger charge is 2.21. The molecule has 2 heterocycles. The molecule has 4 nitrogen and oxygen atoms in total. The Morgan fingerprint density at radius 2 is 2.36 bits per heavy atom. The third-order valence-electron chi connectivity index (χ3n) is 2.28. The fourth-order valence-corrected chi connectivity index (χ4v) is 1.56. The molecule has 1 aliphatic rings. The Balaban J connectivity index is 2.19. The minimum Gasteiger partial charge on any atom is -0.354 e. The molecule has 1 amide bonds. The summed E-state index contributed by atoms with van der Waals surface area (Å²) in [6.07, 6.45) is 4.41. The molecular weight excluding hydrogens is 178 g/mol. The van der Waals surface area contributed by atoms with Gasteiger partial charge < -0.3 is 10.6 Å². The molecule has 2 N–H and O–H groups in total. The number of carbonyl (C=O) groups excluding carboxylic acids is 1. The van der Waals surface area contributed by atoms with E-state index in [4.69, 9.17) is 0 Å². The van der Waals surface area contributed by atoms with Crippen molar-refractivity contribution in [2.75, 3.05) is 13.1 Å². The Morgan fingerprint density at radius 1 is 1.43 bits per heavy atom. The van der Waals surface area contributed by atoms with Crippen LogP contribution in [0.1, 0.15) is 18.0 Å². The van der Waals surface area contributed by atoms with Crippen LogP contribution in [0.25, 0.3) is 0 Å². The van der Waals surface area contributed by atoms with Crippen molar-refractivity contribution in [1.82, 2.24) is 15.6 Å². The molecule has 74 valence electrons. The van der Waals surface area contributed by atoms with Crippen LogP contribution in [-0.4, -0.2) is 24.0 Å². The monoisotopic (exact) mass is 191 g/mol. The Hall–Kier alpha value is -1.42. The van der Waals surface area contributed by atoms with Crippen molar-refractivity contribution in [3.05, 3.63) is 30.1 Å². The molecule has 1 aromatic rings. The molecule has 2 rings (SSSR count). The third-order valence-corrected chi connectivity index (χ3v) is 2.28. The average Bonchev–Trinajstić information content (AvgIpc) is 2.44. The summed E-state index contributed by atoms with van der Waals surface area (Å²) >= 11 is 0. The lowest BCUT2D eigenvalue weighted by molar-refractivity contribution is -0.122. The van der Waals surface area contributed by atoms with Crippen LogP contribution < -0.4 is 10.6 Å². The third kappa shape index (κ3) is 1.90. The second kappa shape index (κ2) is 4.19. The fraction of sp³-hybridized carbons (Fsp3) is 0.400. The van der Waals surface area contributed by atoms with Crippen molar-refractivity contribution in [1.29, 1.82) is 0 Å². The van der Waals surface area contributed by atoms with Gasteiger partial charge in [0.05, 0.1) is 0 Å². The molecule has 1 aromatic heterocycles. The van der Waals surface area contributed by atoms with Gasteiger partial charge in [0.2, 0.25) is 5.91 Å². The van der Waals surface area contributed by atoms with Gasteiger partial charge in [0.15, 0.2) is 0 Å². The number of hydrogen-bond donors (Lipinski definition) is 2. The van der Waals surface area contributed by atoms with E-state index in [1.54, 1.807) is 12.4 Å². The topological polar surface area (TPSA) is 54.0 Å². The number of amides is 1. The molecule has 0 aliphatic carbocycles. The quantitative estimate of drug-likeness (QED) is 0.668. The number of nitrogens with zero attached hydrogens (tertiary/aromatic N) is 1. The number of pyridine rings is 1. The number of aromatic nitrogens is 1. The van der Waals surface area contributed by atoms with E-state index in [0.29, 0.717) is 0 Å². The molecule has 1 unspecified atom stereocenters. The van der Waals surface area contributed by atoms with Gasteiger partial charge in [-0.2, -0.15) is 0 Å². The Morgan fingerprint density at radius 3 is 3.14 bits per heavy atom. The summed E-state index contributed by atoms with van der Waals surface area (Å²) in [6, 6.07) is 3.51. The molecule has 0 aromatic carbocycles. The summed E-state index contributed by atoms with van der Waals surface area (Å²) in [5, 5.41) is 6.06. The van der Waals surface area contributed by atoms with Crippen LogP contribution in [0.5, 0.6) is 0 Å². The van der Waals surface area contributed by atoms with Crippen LogP contribution in [0, 0.1) is 0 Å². The minimum atomic E-state index is -0.244. The fourth-order valence-electron chi connectivity index (χ4n) is 1.56. The number of carbonyl (C=O) groups is 1. The first-order valence-electron chi connectivity index (χ1n) is 4.79. The standard InChI is InChI=1S/C10H13N3O/c14-10-9(12-5-2-6-13-10)8-3-1-4-11-7-8/h1,3-4,7,9,12H,2,5-6H2,(H,13,14). The zero-order valence-corrected chi connectivity index (χ0v) is 7.86. The summed E-state index contributed by atoms with van der Waals surface area (Å²) in [5.41, 5.74) is 0.923. The first kappa shape index (κ1) is 9.15. The van der Waals surface area contributed by atoms with E-state index in [9.17, 15) is 4.79 Å². The van der Waals surface area contributed by atoms with Gasteiger partial charge >= 0.3 is 0 Å². The molecule has 1 atom stereocenters. The van der Waals surface area contributed by atoms with Gasteiger partial charge in [-0.25, -0.2) is 0 Å². The maximum atomic E-state index is 11.6. The first-order valence-corrected chi connectivity index (χ1v) is 4.79. The van der Waals surface area contributed by atoms with Crippen LogP contribution in [0.15, 0.2) is 24.5 Å². The molecule has 4 heteroatoms. The molecule has 1 fully saturated rings. The predicted octanol–water partition coefficient (Wildman–Crippen LogP) is 0.232. The van der Waals surface area contributed by atoms with Gasteiger partial charge in [0, 0.05) is 18.9 Å². The average molecular weight is 191 g/mol. The Bertz CT molecular complexity index is 312. The SMILES string of the molecule is O=C1NCCCNC1c1cccnc1. The lowest BCUT2D eigenvalue weighted by atomic mass is 10.1. The van der Waals surface area contributed by atoms with E-state index in [-0.39, 0.29) is 11.9 Å². The van der Waals surface area contributed by atoms with Crippen molar-refractivity contribution in [3.63, 3.8) is 0 Å². The molecule has 0 saturated carbocycles. The highest BCUT2D eigenvalue weighted by molar-refractivity contribution is 5.83. The van der Waals surface area contributed by atoms with E-state index in [1.807, 2.05) is 12.1 Å². The number of hydrogen-bond acceptors (Lipinski definition) is 3. The van der Waals surface area contributed by atoms with Gasteiger partial charge in [0.25, 0.3) is 0 Å². The summed E-state index contributed by atoms with van der Waals surface area (Å²) in [6.45, 7) is 1.61. The van der Waals surface area contributed by atoms with Crippen LogP contribution >= 0.6 is 0 Å². The molecule has 14 heavy (non-hydrogen) atoms. The normalized spacial score (nSPS) is 22.6. The maximum absolute atomic E-state index is 11.6. The first-order chi connectivity index (χ1) is 6.88.